The molecule has 2 rings (SSSR count). The standard InChI is InChI=1S/C9H11N3O3/c1-5-7(14-4-11-5)8-9(13-2)12-6(3-10)15-8/h4H,3,10H2,1-2H3. The molecule has 0 unspecified atom stereocenters. The maximum Gasteiger partial charge on any atom is 0.264 e. The number of hydrogen-bond donors (Lipinski definition) is 1. The normalized spacial score (nSPS) is 10.6. The van der Waals surface area contributed by atoms with Gasteiger partial charge in [0.05, 0.1) is 19.3 Å². The van der Waals surface area contributed by atoms with E-state index in [1.54, 1.807) is 0 Å². The van der Waals surface area contributed by atoms with Crippen molar-refractivity contribution in [1.82, 2.24) is 9.97 Å². The van der Waals surface area contributed by atoms with Crippen LogP contribution in [-0.2, 0) is 6.54 Å². The molecule has 0 bridgehead atoms. The lowest BCUT2D eigenvalue weighted by molar-refractivity contribution is 0.395. The molecule has 2 N–H and O–H groups in total. The fourth-order valence-electron chi connectivity index (χ4n) is 1.24. The molecule has 0 atom stereocenters. The van der Waals surface area contributed by atoms with Gasteiger partial charge in [-0.1, -0.05) is 0 Å². The third kappa shape index (κ3) is 1.59. The van der Waals surface area contributed by atoms with E-state index in [1.165, 1.54) is 13.5 Å². The highest BCUT2D eigenvalue weighted by Crippen LogP contribution is 2.32. The highest BCUT2D eigenvalue weighted by atomic mass is 16.5. The molecule has 0 amide bonds. The van der Waals surface area contributed by atoms with Crippen LogP contribution in [0.3, 0.4) is 0 Å². The van der Waals surface area contributed by atoms with E-state index >= 15 is 0 Å². The smallest absolute Gasteiger partial charge is 0.264 e. The Hall–Kier alpha value is -1.82. The molecule has 80 valence electrons. The minimum atomic E-state index is 0.212. The first kappa shape index (κ1) is 9.72. The molecule has 0 saturated carbocycles. The maximum absolute atomic E-state index is 5.42. The highest BCUT2D eigenvalue weighted by molar-refractivity contribution is 5.58. The summed E-state index contributed by atoms with van der Waals surface area (Å²) < 4.78 is 15.6. The molecule has 0 fully saturated rings. The summed E-state index contributed by atoms with van der Waals surface area (Å²) in [6.07, 6.45) is 1.34. The van der Waals surface area contributed by atoms with Crippen molar-refractivity contribution in [3.8, 4) is 17.4 Å². The summed E-state index contributed by atoms with van der Waals surface area (Å²) in [5.74, 6) is 1.69. The highest BCUT2D eigenvalue weighted by Gasteiger charge is 2.20. The van der Waals surface area contributed by atoms with Gasteiger partial charge >= 0.3 is 0 Å². The number of hydrogen-bond acceptors (Lipinski definition) is 6. The minimum Gasteiger partial charge on any atom is -0.478 e. The van der Waals surface area contributed by atoms with E-state index in [4.69, 9.17) is 19.3 Å². The summed E-state index contributed by atoms with van der Waals surface area (Å²) in [4.78, 5) is 8.00. The van der Waals surface area contributed by atoms with E-state index in [-0.39, 0.29) is 6.54 Å². The van der Waals surface area contributed by atoms with Gasteiger partial charge in [-0.3, -0.25) is 0 Å². The topological polar surface area (TPSA) is 87.3 Å². The predicted octanol–water partition coefficient (Wildman–Crippen LogP) is 1.11. The SMILES string of the molecule is COc1nc(CN)oc1-c1ocnc1C. The Morgan fingerprint density at radius 2 is 2.27 bits per heavy atom. The van der Waals surface area contributed by atoms with Gasteiger partial charge in [0.2, 0.25) is 11.7 Å². The van der Waals surface area contributed by atoms with Crippen LogP contribution in [-0.4, -0.2) is 17.1 Å². The lowest BCUT2D eigenvalue weighted by Crippen LogP contribution is -1.95. The van der Waals surface area contributed by atoms with Gasteiger partial charge in [-0.05, 0) is 6.92 Å². The van der Waals surface area contributed by atoms with Gasteiger partial charge in [0, 0.05) is 0 Å². The van der Waals surface area contributed by atoms with E-state index in [1.807, 2.05) is 6.92 Å². The number of nitrogens with zero attached hydrogens (tertiary/aromatic N) is 2. The van der Waals surface area contributed by atoms with Crippen LogP contribution in [0.15, 0.2) is 15.2 Å². The molecule has 2 aromatic rings. The molecule has 0 saturated heterocycles. The van der Waals surface area contributed by atoms with Gasteiger partial charge in [0.1, 0.15) is 0 Å². The Morgan fingerprint density at radius 1 is 1.47 bits per heavy atom. The van der Waals surface area contributed by atoms with Gasteiger partial charge < -0.3 is 19.3 Å². The molecule has 0 spiro atoms. The van der Waals surface area contributed by atoms with Crippen molar-refractivity contribution in [2.75, 3.05) is 7.11 Å². The minimum absolute atomic E-state index is 0.212. The molecule has 15 heavy (non-hydrogen) atoms. The average Bonchev–Trinajstić information content (AvgIpc) is 2.82. The van der Waals surface area contributed by atoms with Gasteiger partial charge in [-0.2, -0.15) is 4.98 Å². The lowest BCUT2D eigenvalue weighted by atomic mass is 10.3. The van der Waals surface area contributed by atoms with E-state index in [2.05, 4.69) is 9.97 Å². The molecule has 0 aromatic carbocycles. The van der Waals surface area contributed by atoms with E-state index in [9.17, 15) is 0 Å². The van der Waals surface area contributed by atoms with Crippen molar-refractivity contribution in [3.05, 3.63) is 18.0 Å². The second kappa shape index (κ2) is 3.74. The van der Waals surface area contributed by atoms with Crippen LogP contribution in [0.4, 0.5) is 0 Å². The summed E-state index contributed by atoms with van der Waals surface area (Å²) in [5.41, 5.74) is 6.14. The maximum atomic E-state index is 5.42. The van der Waals surface area contributed by atoms with Gasteiger partial charge in [0.25, 0.3) is 5.88 Å². The Bertz CT molecular complexity index is 461. The third-order valence-corrected chi connectivity index (χ3v) is 1.96. The molecule has 2 aromatic heterocycles. The van der Waals surface area contributed by atoms with Crippen molar-refractivity contribution < 1.29 is 13.6 Å². The molecule has 6 nitrogen and oxygen atoms in total. The van der Waals surface area contributed by atoms with Gasteiger partial charge in [-0.25, -0.2) is 4.98 Å². The Balaban J connectivity index is 2.51. The number of aromatic nitrogens is 2. The lowest BCUT2D eigenvalue weighted by Gasteiger charge is -1.95. The summed E-state index contributed by atoms with van der Waals surface area (Å²) in [6.45, 7) is 2.02. The molecule has 0 radical (unpaired) electrons. The Labute approximate surface area is 86.1 Å². The molecule has 2 heterocycles. The Morgan fingerprint density at radius 3 is 2.80 bits per heavy atom. The van der Waals surface area contributed by atoms with Crippen LogP contribution < -0.4 is 10.5 Å². The van der Waals surface area contributed by atoms with Crippen molar-refractivity contribution in [1.29, 1.82) is 0 Å². The van der Waals surface area contributed by atoms with Crippen molar-refractivity contribution in [3.63, 3.8) is 0 Å². The first-order valence-electron chi connectivity index (χ1n) is 4.40. The van der Waals surface area contributed by atoms with E-state index in [0.29, 0.717) is 29.0 Å². The number of rotatable bonds is 3. The van der Waals surface area contributed by atoms with Crippen LogP contribution in [0, 0.1) is 6.92 Å². The van der Waals surface area contributed by atoms with Crippen LogP contribution in [0.2, 0.25) is 0 Å². The summed E-state index contributed by atoms with van der Waals surface area (Å²) in [5, 5.41) is 0. The number of ether oxygens (including phenoxy) is 1. The monoisotopic (exact) mass is 209 g/mol. The summed E-state index contributed by atoms with van der Waals surface area (Å²) in [6, 6.07) is 0. The Kier molecular flexibility index (Phi) is 2.42. The van der Waals surface area contributed by atoms with Gasteiger partial charge in [-0.15, -0.1) is 0 Å². The first-order valence-corrected chi connectivity index (χ1v) is 4.40. The zero-order valence-corrected chi connectivity index (χ0v) is 8.48. The zero-order valence-electron chi connectivity index (χ0n) is 8.48. The molecule has 0 aliphatic heterocycles. The zero-order chi connectivity index (χ0) is 10.8. The van der Waals surface area contributed by atoms with Crippen molar-refractivity contribution >= 4 is 0 Å². The average molecular weight is 209 g/mol. The fourth-order valence-corrected chi connectivity index (χ4v) is 1.24. The number of nitrogens with two attached hydrogens (primary N) is 1. The van der Waals surface area contributed by atoms with Crippen molar-refractivity contribution in [2.24, 2.45) is 5.73 Å². The predicted molar refractivity (Wildman–Crippen MR) is 51.2 cm³/mol. The second-order valence-electron chi connectivity index (χ2n) is 2.92. The fraction of sp³-hybridized carbons (Fsp3) is 0.333. The van der Waals surface area contributed by atoms with Crippen LogP contribution in [0.1, 0.15) is 11.6 Å². The molecule has 0 aliphatic rings. The first-order chi connectivity index (χ1) is 7.26. The largest absolute Gasteiger partial charge is 0.478 e. The molecule has 0 aliphatic carbocycles. The van der Waals surface area contributed by atoms with Crippen LogP contribution in [0.5, 0.6) is 5.88 Å². The van der Waals surface area contributed by atoms with Gasteiger partial charge in [0.15, 0.2) is 12.2 Å². The summed E-state index contributed by atoms with van der Waals surface area (Å²) >= 11 is 0. The third-order valence-electron chi connectivity index (χ3n) is 1.96. The summed E-state index contributed by atoms with van der Waals surface area (Å²) in [7, 11) is 1.51. The van der Waals surface area contributed by atoms with Crippen molar-refractivity contribution in [2.45, 2.75) is 13.5 Å². The number of aryl methyl sites for hydroxylation is 1. The second-order valence-corrected chi connectivity index (χ2v) is 2.92. The van der Waals surface area contributed by atoms with E-state index < -0.39 is 0 Å². The number of methoxy groups -OCH3 is 1. The molecule has 6 heteroatoms. The van der Waals surface area contributed by atoms with E-state index in [0.717, 1.165) is 0 Å². The molecular weight excluding hydrogens is 198 g/mol. The number of oxazole rings is 2. The van der Waals surface area contributed by atoms with Crippen LogP contribution in [0.25, 0.3) is 11.5 Å². The molecular formula is C9H11N3O3. The quantitative estimate of drug-likeness (QED) is 0.814. The van der Waals surface area contributed by atoms with Crippen LogP contribution >= 0.6 is 0 Å².